The maximum atomic E-state index is 12.3. The smallest absolute Gasteiger partial charge is 0.412 e. The van der Waals surface area contributed by atoms with Crippen molar-refractivity contribution in [2.75, 3.05) is 42.1 Å². The summed E-state index contributed by atoms with van der Waals surface area (Å²) in [5.74, 6) is -2.27. The van der Waals surface area contributed by atoms with Gasteiger partial charge in [0.05, 0.1) is 43.6 Å². The minimum atomic E-state index is -1.17. The van der Waals surface area contributed by atoms with E-state index in [0.29, 0.717) is 54.9 Å². The number of alkyl carbamates (subject to hydrolysis) is 2. The standard InChI is InChI=1S/C22H33N3O7.C20H29N3O7/c1-6-31-19(27)17(25-20(28)30-5)13-9-10-14-18(26)23-15-11-7-8-12-16(15)24-21(29)32-22(2,3)4;1-20(2,3)30-19(28)22-14-10-6-5-9-13(14)21-16(24)12-8-7-11-15(17(25)26)23-18(27)29-4/h7-8,11-12,17H,6,9-10,13-14H2,1-5H3,(H,23,26)(H,24,29)(H,25,28);5-6,9-10,15H,7-8,11-12H2,1-4H3,(H,21,24)(H,22,28)(H,23,27)(H,25,26). The van der Waals surface area contributed by atoms with Gasteiger partial charge in [0, 0.05) is 12.8 Å². The number of anilines is 4. The monoisotopic (exact) mass is 874 g/mol. The van der Waals surface area contributed by atoms with Crippen molar-refractivity contribution < 1.29 is 67.1 Å². The molecule has 62 heavy (non-hydrogen) atoms. The van der Waals surface area contributed by atoms with Crippen LogP contribution in [0.4, 0.5) is 41.9 Å². The van der Waals surface area contributed by atoms with Crippen molar-refractivity contribution in [1.82, 2.24) is 10.6 Å². The first-order chi connectivity index (χ1) is 29.1. The van der Waals surface area contributed by atoms with Crippen LogP contribution in [0.5, 0.6) is 0 Å². The topological polar surface area (TPSA) is 275 Å². The summed E-state index contributed by atoms with van der Waals surface area (Å²) < 4.78 is 24.3. The number of carboxylic acid groups (broad SMARTS) is 1. The lowest BCUT2D eigenvalue weighted by Crippen LogP contribution is -2.41. The van der Waals surface area contributed by atoms with Crippen molar-refractivity contribution in [3.05, 3.63) is 48.5 Å². The lowest BCUT2D eigenvalue weighted by Gasteiger charge is -2.20. The van der Waals surface area contributed by atoms with E-state index in [9.17, 15) is 38.4 Å². The summed E-state index contributed by atoms with van der Waals surface area (Å²) in [5, 5.41) is 24.5. The average Bonchev–Trinajstić information content (AvgIpc) is 3.17. The molecule has 20 heteroatoms. The van der Waals surface area contributed by atoms with Gasteiger partial charge < -0.3 is 50.1 Å². The second kappa shape index (κ2) is 27.3. The molecule has 2 aromatic carbocycles. The third-order valence-electron chi connectivity index (χ3n) is 7.79. The summed E-state index contributed by atoms with van der Waals surface area (Å²) in [7, 11) is 2.35. The highest BCUT2D eigenvalue weighted by molar-refractivity contribution is 5.98. The Bertz CT molecular complexity index is 1810. The molecule has 0 fully saturated rings. The normalized spacial score (nSPS) is 11.7. The first kappa shape index (κ1) is 53.4. The van der Waals surface area contributed by atoms with Gasteiger partial charge in [0.15, 0.2) is 0 Å². The van der Waals surface area contributed by atoms with E-state index in [1.54, 1.807) is 97.0 Å². The predicted molar refractivity (Wildman–Crippen MR) is 230 cm³/mol. The number of nitrogens with one attached hydrogen (secondary N) is 6. The van der Waals surface area contributed by atoms with Crippen LogP contribution in [0.3, 0.4) is 0 Å². The predicted octanol–water partition coefficient (Wildman–Crippen LogP) is 7.16. The largest absolute Gasteiger partial charge is 0.480 e. The van der Waals surface area contributed by atoms with Gasteiger partial charge in [-0.25, -0.2) is 28.8 Å². The van der Waals surface area contributed by atoms with E-state index >= 15 is 0 Å². The van der Waals surface area contributed by atoms with Gasteiger partial charge in [0.2, 0.25) is 11.8 Å². The Morgan fingerprint density at radius 1 is 0.548 bits per heavy atom. The lowest BCUT2D eigenvalue weighted by atomic mass is 10.1. The molecule has 0 aliphatic heterocycles. The van der Waals surface area contributed by atoms with E-state index in [1.165, 1.54) is 7.11 Å². The SMILES string of the molecule is CCOC(=O)C(CCCCC(=O)Nc1ccccc1NC(=O)OC(C)(C)C)NC(=O)OC.COC(=O)NC(CCCCC(=O)Nc1ccccc1NC(=O)OC(C)(C)C)C(=O)O. The van der Waals surface area contributed by atoms with Crippen LogP contribution in [0.2, 0.25) is 0 Å². The van der Waals surface area contributed by atoms with Gasteiger partial charge >= 0.3 is 36.3 Å². The molecule has 0 aliphatic rings. The molecule has 0 heterocycles. The summed E-state index contributed by atoms with van der Waals surface area (Å²) >= 11 is 0. The van der Waals surface area contributed by atoms with Crippen molar-refractivity contribution in [2.24, 2.45) is 0 Å². The molecule has 344 valence electrons. The van der Waals surface area contributed by atoms with E-state index in [-0.39, 0.29) is 37.7 Å². The molecule has 0 spiro atoms. The van der Waals surface area contributed by atoms with Gasteiger partial charge in [0.25, 0.3) is 0 Å². The van der Waals surface area contributed by atoms with Crippen LogP contribution in [0.25, 0.3) is 0 Å². The molecule has 7 N–H and O–H groups in total. The maximum absolute atomic E-state index is 12.3. The number of carboxylic acids is 1. The third-order valence-corrected chi connectivity index (χ3v) is 7.79. The number of hydrogen-bond donors (Lipinski definition) is 7. The molecule has 2 rings (SSSR count). The number of benzene rings is 2. The van der Waals surface area contributed by atoms with Gasteiger partial charge in [-0.15, -0.1) is 0 Å². The van der Waals surface area contributed by atoms with Gasteiger partial charge in [-0.05, 0) is 98.4 Å². The first-order valence-electron chi connectivity index (χ1n) is 19.9. The van der Waals surface area contributed by atoms with Crippen molar-refractivity contribution in [3.8, 4) is 0 Å². The van der Waals surface area contributed by atoms with Crippen LogP contribution in [0, 0.1) is 0 Å². The molecule has 0 radical (unpaired) electrons. The van der Waals surface area contributed by atoms with E-state index < -0.39 is 59.6 Å². The summed E-state index contributed by atoms with van der Waals surface area (Å²) in [6.45, 7) is 12.4. The first-order valence-corrected chi connectivity index (χ1v) is 19.9. The van der Waals surface area contributed by atoms with Crippen molar-refractivity contribution in [1.29, 1.82) is 0 Å². The van der Waals surface area contributed by atoms with Crippen LogP contribution >= 0.6 is 0 Å². The Labute approximate surface area is 361 Å². The molecule has 20 nitrogen and oxygen atoms in total. The highest BCUT2D eigenvalue weighted by Gasteiger charge is 2.23. The molecule has 2 unspecified atom stereocenters. The third kappa shape index (κ3) is 23.9. The van der Waals surface area contributed by atoms with E-state index in [1.807, 2.05) is 0 Å². The molecule has 0 saturated heterocycles. The van der Waals surface area contributed by atoms with Gasteiger partial charge in [-0.1, -0.05) is 37.1 Å². The fourth-order valence-electron chi connectivity index (χ4n) is 5.07. The van der Waals surface area contributed by atoms with Crippen molar-refractivity contribution >= 4 is 70.9 Å². The summed E-state index contributed by atoms with van der Waals surface area (Å²) in [5.41, 5.74) is 0.378. The Morgan fingerprint density at radius 2 is 0.903 bits per heavy atom. The second-order valence-corrected chi connectivity index (χ2v) is 15.4. The number of carbonyl (C=O) groups excluding carboxylic acids is 7. The number of rotatable bonds is 19. The minimum Gasteiger partial charge on any atom is -0.480 e. The number of methoxy groups -OCH3 is 2. The lowest BCUT2D eigenvalue weighted by molar-refractivity contribution is -0.145. The molecule has 0 saturated carbocycles. The number of para-hydroxylation sites is 4. The molecule has 0 aliphatic carbocycles. The molecule has 0 aromatic heterocycles. The Balaban J connectivity index is 0.000000621. The van der Waals surface area contributed by atoms with Crippen LogP contribution < -0.4 is 31.9 Å². The second-order valence-electron chi connectivity index (χ2n) is 15.4. The Hall–Kier alpha value is -6.60. The maximum Gasteiger partial charge on any atom is 0.412 e. The zero-order valence-corrected chi connectivity index (χ0v) is 36.9. The number of aliphatic carboxylic acids is 1. The van der Waals surface area contributed by atoms with Crippen LogP contribution in [-0.4, -0.2) is 97.3 Å². The molecule has 2 aromatic rings. The molecular formula is C42H62N6O14. The fourth-order valence-corrected chi connectivity index (χ4v) is 5.07. The van der Waals surface area contributed by atoms with Crippen LogP contribution in [-0.2, 0) is 42.9 Å². The zero-order valence-electron chi connectivity index (χ0n) is 36.9. The highest BCUT2D eigenvalue weighted by atomic mass is 16.6. The molecule has 0 bridgehead atoms. The zero-order chi connectivity index (χ0) is 46.9. The Kier molecular flexibility index (Phi) is 23.5. The van der Waals surface area contributed by atoms with Crippen molar-refractivity contribution in [3.63, 3.8) is 0 Å². The minimum absolute atomic E-state index is 0.144. The van der Waals surface area contributed by atoms with Crippen LogP contribution in [0.15, 0.2) is 48.5 Å². The number of carbonyl (C=O) groups is 8. The molecule has 6 amide bonds. The quantitative estimate of drug-likeness (QED) is 0.0419. The number of esters is 1. The fraction of sp³-hybridized carbons (Fsp3) is 0.524. The highest BCUT2D eigenvalue weighted by Crippen LogP contribution is 2.24. The van der Waals surface area contributed by atoms with Gasteiger partial charge in [-0.2, -0.15) is 0 Å². The van der Waals surface area contributed by atoms with E-state index in [0.717, 1.165) is 7.11 Å². The molecule has 2 atom stereocenters. The van der Waals surface area contributed by atoms with E-state index in [4.69, 9.17) is 19.3 Å². The molecular weight excluding hydrogens is 812 g/mol. The number of hydrogen-bond acceptors (Lipinski definition) is 13. The van der Waals surface area contributed by atoms with Crippen molar-refractivity contribution in [2.45, 2.75) is 123 Å². The number of unbranched alkanes of at least 4 members (excludes halogenated alkanes) is 2. The van der Waals surface area contributed by atoms with E-state index in [2.05, 4.69) is 41.4 Å². The number of ether oxygens (including phenoxy) is 5. The van der Waals surface area contributed by atoms with Gasteiger partial charge in [0.1, 0.15) is 23.3 Å². The van der Waals surface area contributed by atoms with Crippen LogP contribution in [0.1, 0.15) is 99.8 Å². The summed E-state index contributed by atoms with van der Waals surface area (Å²) in [6, 6.07) is 11.6. The average molecular weight is 875 g/mol. The Morgan fingerprint density at radius 3 is 1.24 bits per heavy atom. The summed E-state index contributed by atoms with van der Waals surface area (Å²) in [4.78, 5) is 94.2. The summed E-state index contributed by atoms with van der Waals surface area (Å²) in [6.07, 6.45) is -0.211. The number of amides is 6. The van der Waals surface area contributed by atoms with Gasteiger partial charge in [-0.3, -0.25) is 20.2 Å².